The number of ether oxygens (including phenoxy) is 1. The number of alkyl halides is 3. The fraction of sp³-hybridized carbons (Fsp3) is 0.609. The number of carbonyl (C=O) groups excluding carboxylic acids is 2. The smallest absolute Gasteiger partial charge is 0.379 e. The first kappa shape index (κ1) is 27.6. The van der Waals surface area contributed by atoms with Crippen molar-refractivity contribution in [2.45, 2.75) is 57.9 Å². The summed E-state index contributed by atoms with van der Waals surface area (Å²) in [4.78, 5) is 35.4. The third-order valence-electron chi connectivity index (χ3n) is 6.31. The highest BCUT2D eigenvalue weighted by atomic mass is 19.4. The van der Waals surface area contributed by atoms with Gasteiger partial charge in [0, 0.05) is 6.61 Å². The Hall–Kier alpha value is -3.46. The summed E-state index contributed by atoms with van der Waals surface area (Å²) < 4.78 is 46.7. The molecule has 12 nitrogen and oxygen atoms in total. The third-order valence-corrected chi connectivity index (χ3v) is 6.31. The van der Waals surface area contributed by atoms with Crippen LogP contribution >= 0.6 is 0 Å². The van der Waals surface area contributed by atoms with Crippen molar-refractivity contribution in [1.29, 1.82) is 0 Å². The molecule has 3 N–H and O–H groups in total. The molecule has 2 aromatic heterocycles. The van der Waals surface area contributed by atoms with E-state index in [1.165, 1.54) is 9.42 Å². The largest absolute Gasteiger partial charge is 0.410 e. The monoisotopic (exact) mass is 540 g/mol. The molecule has 1 saturated carbocycles. The predicted molar refractivity (Wildman–Crippen MR) is 129 cm³/mol. The Morgan fingerprint density at radius 1 is 1.34 bits per heavy atom. The number of hydroxylamine groups is 1. The Kier molecular flexibility index (Phi) is 8.35. The second-order valence-electron chi connectivity index (χ2n) is 8.87. The standard InChI is InChI=1S/C21H25F3N8O4.C2H6/c1-2-35-10-15(28-19(33)13-7-26-36-30-13)14-8-32-17(27-14)5-12(6-25-32)18(11-3-4-11)31-9-16(21(22,23)24)29-20(31)34;1-2/h5-6,8,11,15-16,18,26H,2-4,7,9-10H2,1H3,(H,28,33)(H,29,34);1-2H3. The van der Waals surface area contributed by atoms with Crippen molar-refractivity contribution in [3.63, 3.8) is 0 Å². The molecule has 0 bridgehead atoms. The zero-order chi connectivity index (χ0) is 27.4. The van der Waals surface area contributed by atoms with Crippen LogP contribution in [0.2, 0.25) is 0 Å². The number of nitrogens with zero attached hydrogens (tertiary/aromatic N) is 5. The van der Waals surface area contributed by atoms with Crippen LogP contribution < -0.4 is 16.1 Å². The molecule has 1 saturated heterocycles. The fourth-order valence-electron chi connectivity index (χ4n) is 4.36. The highest BCUT2D eigenvalue weighted by Crippen LogP contribution is 2.46. The van der Waals surface area contributed by atoms with Crippen molar-refractivity contribution in [3.05, 3.63) is 29.7 Å². The van der Waals surface area contributed by atoms with E-state index in [0.717, 1.165) is 12.8 Å². The first-order chi connectivity index (χ1) is 18.2. The maximum atomic E-state index is 13.2. The molecule has 15 heteroatoms. The Morgan fingerprint density at radius 3 is 2.71 bits per heavy atom. The van der Waals surface area contributed by atoms with Crippen molar-refractivity contribution < 1.29 is 32.4 Å². The van der Waals surface area contributed by atoms with E-state index in [0.29, 0.717) is 23.5 Å². The van der Waals surface area contributed by atoms with Crippen LogP contribution in [-0.4, -0.2) is 75.7 Å². The molecule has 5 rings (SSSR count). The van der Waals surface area contributed by atoms with Gasteiger partial charge in [-0.2, -0.15) is 18.3 Å². The summed E-state index contributed by atoms with van der Waals surface area (Å²) in [7, 11) is 0. The summed E-state index contributed by atoms with van der Waals surface area (Å²) in [6.45, 7) is 6.10. The van der Waals surface area contributed by atoms with E-state index in [2.05, 4.69) is 31.0 Å². The fourth-order valence-corrected chi connectivity index (χ4v) is 4.36. The van der Waals surface area contributed by atoms with E-state index < -0.39 is 42.8 Å². The van der Waals surface area contributed by atoms with Crippen LogP contribution in [-0.2, 0) is 14.5 Å². The molecule has 2 aliphatic heterocycles. The van der Waals surface area contributed by atoms with E-state index in [4.69, 9.17) is 4.74 Å². The number of hydrogen-bond donors (Lipinski definition) is 3. The predicted octanol–water partition coefficient (Wildman–Crippen LogP) is 2.25. The maximum Gasteiger partial charge on any atom is 0.410 e. The molecule has 0 radical (unpaired) electrons. The number of oxime groups is 1. The van der Waals surface area contributed by atoms with Crippen molar-refractivity contribution in [3.8, 4) is 0 Å². The van der Waals surface area contributed by atoms with Gasteiger partial charge in [0.2, 0.25) is 0 Å². The van der Waals surface area contributed by atoms with Gasteiger partial charge < -0.3 is 20.3 Å². The lowest BCUT2D eigenvalue weighted by atomic mass is 10.0. The van der Waals surface area contributed by atoms with Gasteiger partial charge in [-0.25, -0.2) is 14.3 Å². The Balaban J connectivity index is 0.00000164. The number of urea groups is 1. The third kappa shape index (κ3) is 5.99. The molecular weight excluding hydrogens is 509 g/mol. The van der Waals surface area contributed by atoms with E-state index in [-0.39, 0.29) is 24.8 Å². The Bertz CT molecular complexity index is 1180. The number of nitrogens with one attached hydrogen (secondary N) is 3. The normalized spacial score (nSPS) is 20.8. The van der Waals surface area contributed by atoms with E-state index in [9.17, 15) is 22.8 Å². The summed E-state index contributed by atoms with van der Waals surface area (Å²) >= 11 is 0. The van der Waals surface area contributed by atoms with Crippen LogP contribution in [0, 0.1) is 5.92 Å². The zero-order valence-corrected chi connectivity index (χ0v) is 21.3. The summed E-state index contributed by atoms with van der Waals surface area (Å²) in [6, 6.07) is -2.09. The summed E-state index contributed by atoms with van der Waals surface area (Å²) in [5, 5.41) is 12.9. The molecule has 0 aromatic carbocycles. The zero-order valence-electron chi connectivity index (χ0n) is 21.3. The minimum atomic E-state index is -4.52. The first-order valence-electron chi connectivity index (χ1n) is 12.6. The highest BCUT2D eigenvalue weighted by molar-refractivity contribution is 6.39. The second kappa shape index (κ2) is 11.5. The van der Waals surface area contributed by atoms with Crippen LogP contribution in [0.4, 0.5) is 18.0 Å². The van der Waals surface area contributed by atoms with Gasteiger partial charge in [-0.1, -0.05) is 19.0 Å². The van der Waals surface area contributed by atoms with Crippen LogP contribution in [0.25, 0.3) is 5.65 Å². The number of halogens is 3. The van der Waals surface area contributed by atoms with Gasteiger partial charge in [-0.3, -0.25) is 9.73 Å². The Labute approximate surface area is 216 Å². The molecule has 3 unspecified atom stereocenters. The average Bonchev–Trinajstić information content (AvgIpc) is 3.25. The minimum absolute atomic E-state index is 0.0504. The van der Waals surface area contributed by atoms with Gasteiger partial charge in [0.05, 0.1) is 49.9 Å². The van der Waals surface area contributed by atoms with Gasteiger partial charge in [-0.05, 0) is 37.3 Å². The van der Waals surface area contributed by atoms with E-state index in [1.807, 2.05) is 26.1 Å². The van der Waals surface area contributed by atoms with Crippen LogP contribution in [0.1, 0.15) is 57.0 Å². The van der Waals surface area contributed by atoms with Gasteiger partial charge in [0.25, 0.3) is 5.91 Å². The number of aromatic nitrogens is 3. The summed E-state index contributed by atoms with van der Waals surface area (Å²) in [6.07, 6.45) is 0.275. The van der Waals surface area contributed by atoms with Crippen LogP contribution in [0.3, 0.4) is 0 Å². The number of carbonyl (C=O) groups is 2. The molecule has 3 atom stereocenters. The second-order valence-corrected chi connectivity index (χ2v) is 8.87. The molecule has 1 aliphatic carbocycles. The highest BCUT2D eigenvalue weighted by Gasteiger charge is 2.51. The van der Waals surface area contributed by atoms with Crippen molar-refractivity contribution in [1.82, 2.24) is 35.6 Å². The number of amides is 3. The van der Waals surface area contributed by atoms with Crippen LogP contribution in [0.15, 0.2) is 23.6 Å². The van der Waals surface area contributed by atoms with Crippen molar-refractivity contribution in [2.24, 2.45) is 11.1 Å². The lowest BCUT2D eigenvalue weighted by Gasteiger charge is -2.27. The Morgan fingerprint density at radius 2 is 2.11 bits per heavy atom. The molecule has 208 valence electrons. The molecule has 0 spiro atoms. The van der Waals surface area contributed by atoms with E-state index in [1.54, 1.807) is 18.5 Å². The quantitative estimate of drug-likeness (QED) is 0.444. The van der Waals surface area contributed by atoms with E-state index >= 15 is 0 Å². The summed E-state index contributed by atoms with van der Waals surface area (Å²) in [5.74, 6) is -0.391. The first-order valence-corrected chi connectivity index (χ1v) is 12.6. The SMILES string of the molecule is CC.CCOCC(NC(=O)C1=NONC1)c1cn2ncc(C(C3CC3)N3CC(C(F)(F)F)NC3=O)cc2n1. The van der Waals surface area contributed by atoms with Crippen molar-refractivity contribution >= 4 is 23.3 Å². The minimum Gasteiger partial charge on any atom is -0.379 e. The lowest BCUT2D eigenvalue weighted by molar-refractivity contribution is -0.150. The lowest BCUT2D eigenvalue weighted by Crippen LogP contribution is -2.40. The molecule has 4 heterocycles. The molecule has 2 aromatic rings. The van der Waals surface area contributed by atoms with Gasteiger partial charge in [0.1, 0.15) is 6.04 Å². The molecule has 2 fully saturated rings. The number of fused-ring (bicyclic) bond motifs is 1. The number of imidazole rings is 1. The maximum absolute atomic E-state index is 13.2. The number of rotatable bonds is 9. The van der Waals surface area contributed by atoms with Crippen LogP contribution in [0.5, 0.6) is 0 Å². The average molecular weight is 541 g/mol. The van der Waals surface area contributed by atoms with Crippen molar-refractivity contribution in [2.75, 3.05) is 26.3 Å². The topological polar surface area (TPSA) is 134 Å². The molecule has 38 heavy (non-hydrogen) atoms. The molecule has 3 aliphatic rings. The molecule has 3 amide bonds. The van der Waals surface area contributed by atoms with Gasteiger partial charge >= 0.3 is 12.2 Å². The molecular formula is C23H31F3N8O4. The number of hydrogen-bond acceptors (Lipinski definition) is 8. The van der Waals surface area contributed by atoms with Gasteiger partial charge in [0.15, 0.2) is 11.4 Å². The van der Waals surface area contributed by atoms with Gasteiger partial charge in [-0.15, -0.1) is 5.48 Å². The summed E-state index contributed by atoms with van der Waals surface area (Å²) in [5.41, 5.74) is 4.17.